The zero-order valence-electron chi connectivity index (χ0n) is 14.3. The maximum absolute atomic E-state index is 11.6. The number of nitrogens with zero attached hydrogens (tertiary/aromatic N) is 3. The van der Waals surface area contributed by atoms with E-state index in [-0.39, 0.29) is 16.5 Å². The van der Waals surface area contributed by atoms with Gasteiger partial charge >= 0.3 is 5.69 Å². The predicted molar refractivity (Wildman–Crippen MR) is 105 cm³/mol. The number of ether oxygens (including phenoxy) is 1. The van der Waals surface area contributed by atoms with Gasteiger partial charge in [0.15, 0.2) is 5.03 Å². The van der Waals surface area contributed by atoms with Crippen molar-refractivity contribution in [3.05, 3.63) is 70.0 Å². The summed E-state index contributed by atoms with van der Waals surface area (Å²) < 4.78 is 5.39. The molecule has 0 aliphatic rings. The summed E-state index contributed by atoms with van der Waals surface area (Å²) >= 11 is 7.05. The summed E-state index contributed by atoms with van der Waals surface area (Å²) in [6.45, 7) is 2.46. The largest absolute Gasteiger partial charge is 0.494 e. The third kappa shape index (κ3) is 4.87. The molecule has 138 valence electrons. The van der Waals surface area contributed by atoms with E-state index in [4.69, 9.17) is 16.3 Å². The molecule has 1 aromatic heterocycles. The molecule has 27 heavy (non-hydrogen) atoms. The van der Waals surface area contributed by atoms with Gasteiger partial charge in [-0.2, -0.15) is 0 Å². The molecular weight excluding hydrogens is 388 g/mol. The van der Waals surface area contributed by atoms with Crippen LogP contribution in [0, 0.1) is 10.1 Å². The fraction of sp³-hybridized carbons (Fsp3) is 0.111. The maximum Gasteiger partial charge on any atom is 0.343 e. The normalized spacial score (nSPS) is 10.4. The number of nitrogens with one attached hydrogen (secondary N) is 1. The first-order valence-electron chi connectivity index (χ1n) is 7.99. The molecule has 2 aromatic carbocycles. The average molecular weight is 403 g/mol. The Balaban J connectivity index is 1.88. The molecule has 0 spiro atoms. The molecule has 1 N–H and O–H groups in total. The van der Waals surface area contributed by atoms with Crippen LogP contribution in [-0.2, 0) is 0 Å². The number of hydrogen-bond donors (Lipinski definition) is 1. The molecule has 7 nitrogen and oxygen atoms in total. The van der Waals surface area contributed by atoms with Crippen LogP contribution in [0.1, 0.15) is 6.92 Å². The number of anilines is 2. The van der Waals surface area contributed by atoms with Crippen LogP contribution in [0.15, 0.2) is 64.8 Å². The SMILES string of the molecule is CCOc1ccc(Nc2ncnc(Sc3ccc(Cl)cc3)c2[N+](=O)[O-])cc1. The second-order valence-corrected chi connectivity index (χ2v) is 6.77. The molecule has 0 aliphatic heterocycles. The molecular formula is C18H15ClN4O3S. The van der Waals surface area contributed by atoms with Crippen LogP contribution >= 0.6 is 23.4 Å². The lowest BCUT2D eigenvalue weighted by Gasteiger charge is -2.09. The van der Waals surface area contributed by atoms with Gasteiger partial charge < -0.3 is 10.1 Å². The Morgan fingerprint density at radius 1 is 1.15 bits per heavy atom. The highest BCUT2D eigenvalue weighted by Crippen LogP contribution is 2.37. The van der Waals surface area contributed by atoms with E-state index in [0.717, 1.165) is 10.6 Å². The number of rotatable bonds is 7. The maximum atomic E-state index is 11.6. The van der Waals surface area contributed by atoms with Gasteiger partial charge in [-0.15, -0.1) is 0 Å². The summed E-state index contributed by atoms with van der Waals surface area (Å²) in [5, 5.41) is 15.5. The standard InChI is InChI=1S/C18H15ClN4O3S/c1-2-26-14-7-5-13(6-8-14)22-17-16(23(24)25)18(21-11-20-17)27-15-9-3-12(19)4-10-15/h3-11H,2H2,1H3,(H,20,21,22). The molecule has 0 amide bonds. The molecule has 0 aliphatic carbocycles. The third-order valence-corrected chi connectivity index (χ3v) is 4.68. The lowest BCUT2D eigenvalue weighted by Crippen LogP contribution is -2.03. The molecule has 3 aromatic rings. The van der Waals surface area contributed by atoms with Crippen molar-refractivity contribution >= 4 is 40.6 Å². The number of benzene rings is 2. The van der Waals surface area contributed by atoms with E-state index in [1.54, 1.807) is 48.5 Å². The Morgan fingerprint density at radius 3 is 2.48 bits per heavy atom. The van der Waals surface area contributed by atoms with Gasteiger partial charge in [0.1, 0.15) is 12.1 Å². The summed E-state index contributed by atoms with van der Waals surface area (Å²) in [5.41, 5.74) is 0.467. The molecule has 1 heterocycles. The summed E-state index contributed by atoms with van der Waals surface area (Å²) in [6.07, 6.45) is 1.29. The van der Waals surface area contributed by atoms with E-state index in [2.05, 4.69) is 15.3 Å². The highest BCUT2D eigenvalue weighted by molar-refractivity contribution is 7.99. The van der Waals surface area contributed by atoms with Crippen molar-refractivity contribution in [1.29, 1.82) is 0 Å². The lowest BCUT2D eigenvalue weighted by atomic mass is 10.3. The van der Waals surface area contributed by atoms with E-state index < -0.39 is 4.92 Å². The van der Waals surface area contributed by atoms with Gasteiger partial charge in [-0.1, -0.05) is 23.4 Å². The number of halogens is 1. The number of hydrogen-bond acceptors (Lipinski definition) is 7. The fourth-order valence-corrected chi connectivity index (χ4v) is 3.23. The van der Waals surface area contributed by atoms with Gasteiger partial charge in [0, 0.05) is 15.6 Å². The summed E-state index contributed by atoms with van der Waals surface area (Å²) in [7, 11) is 0. The molecule has 9 heteroatoms. The van der Waals surface area contributed by atoms with Gasteiger partial charge in [0.05, 0.1) is 11.5 Å². The van der Waals surface area contributed by atoms with Crippen molar-refractivity contribution in [1.82, 2.24) is 9.97 Å². The fourth-order valence-electron chi connectivity index (χ4n) is 2.25. The van der Waals surface area contributed by atoms with Crippen LogP contribution in [0.5, 0.6) is 5.75 Å². The number of nitro groups is 1. The van der Waals surface area contributed by atoms with Crippen LogP contribution in [0.3, 0.4) is 0 Å². The molecule has 0 atom stereocenters. The quantitative estimate of drug-likeness (QED) is 0.324. The Kier molecular flexibility index (Phi) is 6.10. The average Bonchev–Trinajstić information content (AvgIpc) is 2.65. The third-order valence-electron chi connectivity index (χ3n) is 3.43. The lowest BCUT2D eigenvalue weighted by molar-refractivity contribution is -0.387. The van der Waals surface area contributed by atoms with Crippen LogP contribution < -0.4 is 10.1 Å². The zero-order valence-corrected chi connectivity index (χ0v) is 15.8. The monoisotopic (exact) mass is 402 g/mol. The first-order chi connectivity index (χ1) is 13.1. The Labute approximate surface area is 164 Å². The van der Waals surface area contributed by atoms with Crippen molar-refractivity contribution in [2.75, 3.05) is 11.9 Å². The molecule has 0 saturated carbocycles. The van der Waals surface area contributed by atoms with Crippen molar-refractivity contribution in [3.8, 4) is 5.75 Å². The van der Waals surface area contributed by atoms with Gasteiger partial charge in [-0.3, -0.25) is 10.1 Å². The molecule has 3 rings (SSSR count). The van der Waals surface area contributed by atoms with E-state index in [1.807, 2.05) is 6.92 Å². The van der Waals surface area contributed by atoms with E-state index in [1.165, 1.54) is 18.1 Å². The highest BCUT2D eigenvalue weighted by Gasteiger charge is 2.24. The highest BCUT2D eigenvalue weighted by atomic mass is 35.5. The van der Waals surface area contributed by atoms with Crippen molar-refractivity contribution in [2.45, 2.75) is 16.8 Å². The van der Waals surface area contributed by atoms with Gasteiger partial charge in [0.2, 0.25) is 5.82 Å². The summed E-state index contributed by atoms with van der Waals surface area (Å²) in [6, 6.07) is 14.1. The Hall–Kier alpha value is -2.84. The smallest absolute Gasteiger partial charge is 0.343 e. The number of aromatic nitrogens is 2. The Morgan fingerprint density at radius 2 is 1.85 bits per heavy atom. The molecule has 0 fully saturated rings. The first kappa shape index (κ1) is 18.9. The van der Waals surface area contributed by atoms with Gasteiger partial charge in [0.25, 0.3) is 0 Å². The predicted octanol–water partition coefficient (Wildman–Crippen LogP) is 5.33. The van der Waals surface area contributed by atoms with Crippen molar-refractivity contribution in [3.63, 3.8) is 0 Å². The zero-order chi connectivity index (χ0) is 19.2. The van der Waals surface area contributed by atoms with Gasteiger partial charge in [-0.05, 0) is 55.5 Å². The van der Waals surface area contributed by atoms with E-state index >= 15 is 0 Å². The second-order valence-electron chi connectivity index (χ2n) is 5.27. The molecule has 0 radical (unpaired) electrons. The summed E-state index contributed by atoms with van der Waals surface area (Å²) in [5.74, 6) is 0.842. The molecule has 0 unspecified atom stereocenters. The van der Waals surface area contributed by atoms with Crippen molar-refractivity contribution in [2.24, 2.45) is 0 Å². The van der Waals surface area contributed by atoms with Crippen LogP contribution in [0.4, 0.5) is 17.2 Å². The first-order valence-corrected chi connectivity index (χ1v) is 9.19. The minimum absolute atomic E-state index is 0.121. The van der Waals surface area contributed by atoms with Crippen molar-refractivity contribution < 1.29 is 9.66 Å². The minimum Gasteiger partial charge on any atom is -0.494 e. The topological polar surface area (TPSA) is 90.2 Å². The van der Waals surface area contributed by atoms with Crippen LogP contribution in [0.2, 0.25) is 5.02 Å². The molecule has 0 saturated heterocycles. The Bertz CT molecular complexity index is 936. The second kappa shape index (κ2) is 8.70. The summed E-state index contributed by atoms with van der Waals surface area (Å²) in [4.78, 5) is 20.1. The van der Waals surface area contributed by atoms with E-state index in [9.17, 15) is 10.1 Å². The van der Waals surface area contributed by atoms with Crippen LogP contribution in [-0.4, -0.2) is 21.5 Å². The van der Waals surface area contributed by atoms with E-state index in [0.29, 0.717) is 17.3 Å². The minimum atomic E-state index is -0.491. The molecule has 0 bridgehead atoms. The van der Waals surface area contributed by atoms with Crippen LogP contribution in [0.25, 0.3) is 0 Å². The van der Waals surface area contributed by atoms with Gasteiger partial charge in [-0.25, -0.2) is 9.97 Å².